The van der Waals surface area contributed by atoms with Gasteiger partial charge in [0, 0.05) is 37.3 Å². The number of carbonyl (C=O) groups is 1. The van der Waals surface area contributed by atoms with Crippen molar-refractivity contribution < 1.29 is 4.79 Å². The molecule has 0 aromatic carbocycles. The van der Waals surface area contributed by atoms with Crippen LogP contribution in [0.15, 0.2) is 34.2 Å². The highest BCUT2D eigenvalue weighted by atomic mass is 79.9. The smallest absolute Gasteiger partial charge is 0.315 e. The van der Waals surface area contributed by atoms with E-state index in [0.29, 0.717) is 13.1 Å². The van der Waals surface area contributed by atoms with Crippen molar-refractivity contribution in [3.63, 3.8) is 0 Å². The number of amides is 2. The summed E-state index contributed by atoms with van der Waals surface area (Å²) < 4.78 is 1.12. The number of thiophene rings is 1. The van der Waals surface area contributed by atoms with E-state index in [1.807, 2.05) is 18.3 Å². The zero-order valence-corrected chi connectivity index (χ0v) is 17.2. The summed E-state index contributed by atoms with van der Waals surface area (Å²) in [5.41, 5.74) is 1.08. The van der Waals surface area contributed by atoms with E-state index in [9.17, 15) is 4.79 Å². The van der Waals surface area contributed by atoms with Crippen molar-refractivity contribution in [3.8, 4) is 0 Å². The van der Waals surface area contributed by atoms with Crippen LogP contribution in [0.3, 0.4) is 0 Å². The molecule has 0 unspecified atom stereocenters. The summed E-state index contributed by atoms with van der Waals surface area (Å²) in [6.07, 6.45) is 7.75. The average molecular weight is 437 g/mol. The normalized spacial score (nSPS) is 14.7. The number of halogens is 1. The standard InChI is InChI=1S/C19H25BrN4OS/c20-17-6-5-16(26-17)8-10-22-19(25)23-14-15-7-9-21-18(13-15)24-11-3-1-2-4-12-24/h5-7,9,13H,1-4,8,10-12,14H2,(H2,22,23,25). The van der Waals surface area contributed by atoms with Crippen LogP contribution >= 0.6 is 27.3 Å². The van der Waals surface area contributed by atoms with Crippen molar-refractivity contribution in [2.45, 2.75) is 38.6 Å². The molecule has 0 spiro atoms. The minimum Gasteiger partial charge on any atom is -0.357 e. The van der Waals surface area contributed by atoms with Gasteiger partial charge in [-0.1, -0.05) is 12.8 Å². The summed E-state index contributed by atoms with van der Waals surface area (Å²) in [6.45, 7) is 3.29. The second kappa shape index (κ2) is 9.92. The number of nitrogens with zero attached hydrogens (tertiary/aromatic N) is 2. The molecule has 5 nitrogen and oxygen atoms in total. The molecule has 0 saturated carbocycles. The first kappa shape index (κ1) is 19.2. The Kier molecular flexibility index (Phi) is 7.32. The van der Waals surface area contributed by atoms with E-state index in [4.69, 9.17) is 0 Å². The highest BCUT2D eigenvalue weighted by Crippen LogP contribution is 2.22. The molecule has 3 heterocycles. The number of urea groups is 1. The summed E-state index contributed by atoms with van der Waals surface area (Å²) in [7, 11) is 0. The van der Waals surface area contributed by atoms with Crippen LogP contribution < -0.4 is 15.5 Å². The lowest BCUT2D eigenvalue weighted by Gasteiger charge is -2.21. The molecule has 2 aromatic heterocycles. The van der Waals surface area contributed by atoms with Crippen LogP contribution in [0.5, 0.6) is 0 Å². The lowest BCUT2D eigenvalue weighted by Crippen LogP contribution is -2.36. The Balaban J connectivity index is 1.43. The summed E-state index contributed by atoms with van der Waals surface area (Å²) in [5.74, 6) is 1.02. The Morgan fingerprint density at radius 2 is 1.96 bits per heavy atom. The summed E-state index contributed by atoms with van der Waals surface area (Å²) in [4.78, 5) is 20.1. The first-order valence-electron chi connectivity index (χ1n) is 9.16. The molecule has 3 rings (SSSR count). The molecular weight excluding hydrogens is 412 g/mol. The van der Waals surface area contributed by atoms with Crippen molar-refractivity contribution in [1.29, 1.82) is 0 Å². The first-order valence-corrected chi connectivity index (χ1v) is 10.8. The lowest BCUT2D eigenvalue weighted by molar-refractivity contribution is 0.240. The SMILES string of the molecule is O=C(NCCc1ccc(Br)s1)NCc1ccnc(N2CCCCCC2)c1. The molecule has 1 fully saturated rings. The topological polar surface area (TPSA) is 57.3 Å². The Bertz CT molecular complexity index is 713. The predicted molar refractivity (Wildman–Crippen MR) is 111 cm³/mol. The Morgan fingerprint density at radius 1 is 1.15 bits per heavy atom. The third-order valence-electron chi connectivity index (χ3n) is 4.48. The Hall–Kier alpha value is -1.60. The van der Waals surface area contributed by atoms with Crippen LogP contribution in [0.4, 0.5) is 10.6 Å². The van der Waals surface area contributed by atoms with Crippen molar-refractivity contribution in [2.75, 3.05) is 24.5 Å². The van der Waals surface area contributed by atoms with Gasteiger partial charge in [0.15, 0.2) is 0 Å². The van der Waals surface area contributed by atoms with Crippen LogP contribution in [0, 0.1) is 0 Å². The van der Waals surface area contributed by atoms with Crippen LogP contribution in [0.25, 0.3) is 0 Å². The first-order chi connectivity index (χ1) is 12.7. The van der Waals surface area contributed by atoms with Gasteiger partial charge < -0.3 is 15.5 Å². The molecule has 140 valence electrons. The second-order valence-electron chi connectivity index (χ2n) is 6.49. The molecule has 0 radical (unpaired) electrons. The second-order valence-corrected chi connectivity index (χ2v) is 9.04. The van der Waals surface area contributed by atoms with Gasteiger partial charge in [0.1, 0.15) is 5.82 Å². The third kappa shape index (κ3) is 5.99. The summed E-state index contributed by atoms with van der Waals surface area (Å²) in [5, 5.41) is 5.84. The van der Waals surface area contributed by atoms with Gasteiger partial charge in [-0.25, -0.2) is 9.78 Å². The Morgan fingerprint density at radius 3 is 2.69 bits per heavy atom. The van der Waals surface area contributed by atoms with E-state index < -0.39 is 0 Å². The highest BCUT2D eigenvalue weighted by Gasteiger charge is 2.11. The molecular formula is C19H25BrN4OS. The maximum atomic E-state index is 12.0. The minimum atomic E-state index is -0.131. The zero-order chi connectivity index (χ0) is 18.2. The highest BCUT2D eigenvalue weighted by molar-refractivity contribution is 9.11. The quantitative estimate of drug-likeness (QED) is 0.708. The Labute approximate surface area is 167 Å². The fraction of sp³-hybridized carbons (Fsp3) is 0.474. The van der Waals surface area contributed by atoms with Gasteiger partial charge in [0.05, 0.1) is 3.79 Å². The molecule has 1 aliphatic heterocycles. The molecule has 1 aliphatic rings. The molecule has 26 heavy (non-hydrogen) atoms. The lowest BCUT2D eigenvalue weighted by atomic mass is 10.2. The number of nitrogens with one attached hydrogen (secondary N) is 2. The van der Waals surface area contributed by atoms with E-state index in [1.165, 1.54) is 30.6 Å². The van der Waals surface area contributed by atoms with Crippen LogP contribution in [-0.2, 0) is 13.0 Å². The molecule has 0 aliphatic carbocycles. The maximum Gasteiger partial charge on any atom is 0.315 e. The van der Waals surface area contributed by atoms with Gasteiger partial charge >= 0.3 is 6.03 Å². The molecule has 2 aromatic rings. The van der Waals surface area contributed by atoms with Gasteiger partial charge in [-0.15, -0.1) is 11.3 Å². The van der Waals surface area contributed by atoms with Gasteiger partial charge in [0.2, 0.25) is 0 Å². The van der Waals surface area contributed by atoms with Crippen molar-refractivity contribution in [3.05, 3.63) is 44.7 Å². The number of hydrogen-bond donors (Lipinski definition) is 2. The van der Waals surface area contributed by atoms with Gasteiger partial charge in [-0.3, -0.25) is 0 Å². The number of pyridine rings is 1. The van der Waals surface area contributed by atoms with Gasteiger partial charge in [-0.05, 0) is 65.0 Å². The van der Waals surface area contributed by atoms with Crippen molar-refractivity contribution in [2.24, 2.45) is 0 Å². The van der Waals surface area contributed by atoms with Crippen LogP contribution in [-0.4, -0.2) is 30.6 Å². The molecule has 7 heteroatoms. The van der Waals surface area contributed by atoms with Crippen molar-refractivity contribution in [1.82, 2.24) is 15.6 Å². The largest absolute Gasteiger partial charge is 0.357 e. The summed E-state index contributed by atoms with van der Waals surface area (Å²) in [6, 6.07) is 8.04. The molecule has 2 N–H and O–H groups in total. The molecule has 0 atom stereocenters. The molecule has 0 bridgehead atoms. The monoisotopic (exact) mass is 436 g/mol. The van der Waals surface area contributed by atoms with E-state index in [-0.39, 0.29) is 6.03 Å². The van der Waals surface area contributed by atoms with Gasteiger partial charge in [0.25, 0.3) is 0 Å². The minimum absolute atomic E-state index is 0.131. The maximum absolute atomic E-state index is 12.0. The number of hydrogen-bond acceptors (Lipinski definition) is 4. The van der Waals surface area contributed by atoms with E-state index in [2.05, 4.69) is 48.6 Å². The van der Waals surface area contributed by atoms with E-state index in [0.717, 1.165) is 34.7 Å². The number of rotatable bonds is 6. The van der Waals surface area contributed by atoms with E-state index in [1.54, 1.807) is 11.3 Å². The molecule has 2 amide bonds. The van der Waals surface area contributed by atoms with Crippen LogP contribution in [0.2, 0.25) is 0 Å². The van der Waals surface area contributed by atoms with Gasteiger partial charge in [-0.2, -0.15) is 0 Å². The van der Waals surface area contributed by atoms with Crippen LogP contribution in [0.1, 0.15) is 36.1 Å². The fourth-order valence-electron chi connectivity index (χ4n) is 3.07. The number of anilines is 1. The van der Waals surface area contributed by atoms with E-state index >= 15 is 0 Å². The average Bonchev–Trinajstić information content (AvgIpc) is 2.89. The van der Waals surface area contributed by atoms with Crippen molar-refractivity contribution >= 4 is 39.1 Å². The summed E-state index contributed by atoms with van der Waals surface area (Å²) >= 11 is 5.15. The predicted octanol–water partition coefficient (Wildman–Crippen LogP) is 4.33. The zero-order valence-electron chi connectivity index (χ0n) is 14.8. The molecule has 1 saturated heterocycles. The number of carbonyl (C=O) groups excluding carboxylic acids is 1. The number of aromatic nitrogens is 1. The third-order valence-corrected chi connectivity index (χ3v) is 6.16. The fourth-order valence-corrected chi connectivity index (χ4v) is 4.56.